The molecular weight excluding hydrogens is 124 g/mol. The molecule has 0 rings (SSSR count). The Balaban J connectivity index is 4.47. The fourth-order valence-electron chi connectivity index (χ4n) is 0.187. The van der Waals surface area contributed by atoms with E-state index in [0.29, 0.717) is 6.21 Å². The van der Waals surface area contributed by atoms with Crippen molar-refractivity contribution >= 4 is 12.2 Å². The number of carboxylic acids is 1. The molecule has 0 aliphatic heterocycles. The van der Waals surface area contributed by atoms with E-state index in [-0.39, 0.29) is 0 Å². The lowest BCUT2D eigenvalue weighted by Gasteiger charge is -1.92. The van der Waals surface area contributed by atoms with Crippen molar-refractivity contribution in [3.63, 3.8) is 0 Å². The van der Waals surface area contributed by atoms with Crippen LogP contribution in [0.25, 0.3) is 0 Å². The number of carboxylic acid groups (broad SMARTS) is 1. The van der Waals surface area contributed by atoms with Gasteiger partial charge in [-0.3, -0.25) is 0 Å². The number of hydrogen-bond donors (Lipinski definition) is 4. The molecule has 0 aromatic heterocycles. The van der Waals surface area contributed by atoms with Crippen LogP contribution < -0.4 is 5.73 Å². The zero-order valence-corrected chi connectivity index (χ0v) is 4.46. The van der Waals surface area contributed by atoms with Gasteiger partial charge in [0.1, 0.15) is 0 Å². The molecule has 0 aromatic carbocycles. The number of rotatable bonds is 2. The van der Waals surface area contributed by atoms with Crippen molar-refractivity contribution in [3.8, 4) is 0 Å². The van der Waals surface area contributed by atoms with Crippen LogP contribution in [0.1, 0.15) is 0 Å². The molecule has 5 heteroatoms. The van der Waals surface area contributed by atoms with E-state index < -0.39 is 17.4 Å². The van der Waals surface area contributed by atoms with E-state index in [1.165, 1.54) is 0 Å². The minimum Gasteiger partial charge on any atom is -0.504 e. The van der Waals surface area contributed by atoms with Crippen molar-refractivity contribution < 1.29 is 15.0 Å². The topological polar surface area (TPSA) is 107 Å². The molecule has 0 atom stereocenters. The average molecular weight is 130 g/mol. The number of aliphatic carboxylic acids is 1. The third kappa shape index (κ3) is 1.81. The van der Waals surface area contributed by atoms with Gasteiger partial charge in [-0.25, -0.2) is 4.79 Å². The lowest BCUT2D eigenvalue weighted by molar-refractivity contribution is -0.132. The van der Waals surface area contributed by atoms with Crippen molar-refractivity contribution in [2.75, 3.05) is 0 Å². The van der Waals surface area contributed by atoms with Crippen molar-refractivity contribution in [1.29, 1.82) is 5.41 Å². The Morgan fingerprint density at radius 1 is 1.56 bits per heavy atom. The van der Waals surface area contributed by atoms with E-state index in [9.17, 15) is 4.79 Å². The van der Waals surface area contributed by atoms with Crippen LogP contribution in [-0.2, 0) is 4.79 Å². The maximum absolute atomic E-state index is 9.85. The molecule has 0 saturated carbocycles. The number of nitrogens with one attached hydrogen (secondary N) is 1. The highest BCUT2D eigenvalue weighted by molar-refractivity contribution is 5.92. The maximum atomic E-state index is 9.85. The zero-order chi connectivity index (χ0) is 7.44. The fourth-order valence-corrected chi connectivity index (χ4v) is 0.187. The molecular formula is C4H6N2O3. The van der Waals surface area contributed by atoms with Gasteiger partial charge < -0.3 is 21.4 Å². The summed E-state index contributed by atoms with van der Waals surface area (Å²) >= 11 is 0. The van der Waals surface area contributed by atoms with Gasteiger partial charge in [0, 0.05) is 0 Å². The van der Waals surface area contributed by atoms with Gasteiger partial charge in [0.05, 0.1) is 6.21 Å². The van der Waals surface area contributed by atoms with Crippen molar-refractivity contribution in [2.45, 2.75) is 0 Å². The second-order valence-corrected chi connectivity index (χ2v) is 1.25. The summed E-state index contributed by atoms with van der Waals surface area (Å²) in [5.41, 5.74) is 4.03. The van der Waals surface area contributed by atoms with E-state index in [0.717, 1.165) is 0 Å². The third-order valence-corrected chi connectivity index (χ3v) is 0.643. The van der Waals surface area contributed by atoms with E-state index in [2.05, 4.69) is 0 Å². The summed E-state index contributed by atoms with van der Waals surface area (Å²) in [6.07, 6.45) is 0.462. The molecule has 0 unspecified atom stereocenters. The SMILES string of the molecule is N=C/C(O)=C(\N)C(=O)O. The Hall–Kier alpha value is -1.52. The first-order chi connectivity index (χ1) is 4.09. The number of carbonyl (C=O) groups is 1. The number of aliphatic hydroxyl groups excluding tert-OH is 1. The van der Waals surface area contributed by atoms with Crippen LogP contribution in [0.5, 0.6) is 0 Å². The molecule has 5 N–H and O–H groups in total. The Labute approximate surface area is 50.9 Å². The van der Waals surface area contributed by atoms with Crippen molar-refractivity contribution in [1.82, 2.24) is 0 Å². The van der Waals surface area contributed by atoms with Crippen LogP contribution in [0.4, 0.5) is 0 Å². The predicted octanol–water partition coefficient (Wildman–Crippen LogP) is -0.551. The first kappa shape index (κ1) is 7.48. The summed E-state index contributed by atoms with van der Waals surface area (Å²) in [5.74, 6) is -2.17. The van der Waals surface area contributed by atoms with E-state index in [1.54, 1.807) is 0 Å². The molecule has 0 aliphatic carbocycles. The molecule has 0 aliphatic rings. The second-order valence-electron chi connectivity index (χ2n) is 1.25. The van der Waals surface area contributed by atoms with Crippen molar-refractivity contribution in [3.05, 3.63) is 11.5 Å². The van der Waals surface area contributed by atoms with Crippen LogP contribution in [0, 0.1) is 5.41 Å². The van der Waals surface area contributed by atoms with Gasteiger partial charge in [-0.1, -0.05) is 0 Å². The summed E-state index contributed by atoms with van der Waals surface area (Å²) in [5, 5.41) is 22.8. The minimum absolute atomic E-state index is 0.462. The van der Waals surface area contributed by atoms with E-state index in [1.807, 2.05) is 0 Å². The molecule has 0 fully saturated rings. The lowest BCUT2D eigenvalue weighted by Crippen LogP contribution is -2.13. The van der Waals surface area contributed by atoms with Gasteiger partial charge in [-0.2, -0.15) is 0 Å². The largest absolute Gasteiger partial charge is 0.504 e. The van der Waals surface area contributed by atoms with E-state index >= 15 is 0 Å². The van der Waals surface area contributed by atoms with Crippen LogP contribution in [0.15, 0.2) is 11.5 Å². The molecule has 0 aromatic rings. The highest BCUT2D eigenvalue weighted by Gasteiger charge is 2.05. The third-order valence-electron chi connectivity index (χ3n) is 0.643. The summed E-state index contributed by atoms with van der Waals surface area (Å²) in [6.45, 7) is 0. The molecule has 0 saturated heterocycles. The molecule has 0 radical (unpaired) electrons. The highest BCUT2D eigenvalue weighted by atomic mass is 16.4. The number of aliphatic hydroxyl groups is 1. The van der Waals surface area contributed by atoms with Gasteiger partial charge in [-0.15, -0.1) is 0 Å². The molecule has 50 valence electrons. The van der Waals surface area contributed by atoms with Gasteiger partial charge in [0.2, 0.25) is 0 Å². The summed E-state index contributed by atoms with van der Waals surface area (Å²) in [6, 6.07) is 0. The normalized spacial score (nSPS) is 12.0. The Morgan fingerprint density at radius 3 is 2.11 bits per heavy atom. The van der Waals surface area contributed by atoms with Gasteiger partial charge in [-0.05, 0) is 0 Å². The first-order valence-electron chi connectivity index (χ1n) is 2.02. The van der Waals surface area contributed by atoms with Gasteiger partial charge in [0.25, 0.3) is 0 Å². The molecule has 0 heterocycles. The predicted molar refractivity (Wildman–Crippen MR) is 30.3 cm³/mol. The Kier molecular flexibility index (Phi) is 2.25. The zero-order valence-electron chi connectivity index (χ0n) is 4.46. The standard InChI is InChI=1S/C4H6N2O3/c5-1-2(7)3(6)4(8)9/h1,5,7H,6H2,(H,8,9)/b3-2+,5-1?. The lowest BCUT2D eigenvalue weighted by atomic mass is 10.4. The van der Waals surface area contributed by atoms with Crippen LogP contribution >= 0.6 is 0 Å². The fraction of sp³-hybridized carbons (Fsp3) is 0. The van der Waals surface area contributed by atoms with Gasteiger partial charge in [0.15, 0.2) is 11.5 Å². The van der Waals surface area contributed by atoms with Crippen LogP contribution in [-0.4, -0.2) is 22.4 Å². The molecule has 9 heavy (non-hydrogen) atoms. The monoisotopic (exact) mass is 130 g/mol. The Morgan fingerprint density at radius 2 is 2.00 bits per heavy atom. The molecule has 0 spiro atoms. The molecule has 0 bridgehead atoms. The van der Waals surface area contributed by atoms with Crippen LogP contribution in [0.3, 0.4) is 0 Å². The number of hydrogen-bond acceptors (Lipinski definition) is 4. The summed E-state index contributed by atoms with van der Waals surface area (Å²) in [4.78, 5) is 9.85. The Bertz CT molecular complexity index is 173. The van der Waals surface area contributed by atoms with E-state index in [4.69, 9.17) is 21.4 Å². The smallest absolute Gasteiger partial charge is 0.355 e. The molecule has 5 nitrogen and oxygen atoms in total. The van der Waals surface area contributed by atoms with Gasteiger partial charge >= 0.3 is 5.97 Å². The van der Waals surface area contributed by atoms with Crippen molar-refractivity contribution in [2.24, 2.45) is 5.73 Å². The first-order valence-corrected chi connectivity index (χ1v) is 2.02. The molecule has 0 amide bonds. The van der Waals surface area contributed by atoms with Crippen LogP contribution in [0.2, 0.25) is 0 Å². The number of nitrogens with two attached hydrogens (primary N) is 1. The summed E-state index contributed by atoms with van der Waals surface area (Å²) < 4.78 is 0. The highest BCUT2D eigenvalue weighted by Crippen LogP contribution is 1.88. The summed E-state index contributed by atoms with van der Waals surface area (Å²) in [7, 11) is 0. The average Bonchev–Trinajstić information content (AvgIpc) is 1.84. The number of allylic oxidation sites excluding steroid dienone is 1. The quantitative estimate of drug-likeness (QED) is 0.228. The minimum atomic E-state index is -1.43. The second kappa shape index (κ2) is 2.71. The maximum Gasteiger partial charge on any atom is 0.355 e.